The van der Waals surface area contributed by atoms with Crippen LogP contribution in [-0.4, -0.2) is 46.9 Å². The molecule has 0 radical (unpaired) electrons. The lowest BCUT2D eigenvalue weighted by atomic mass is 10.3. The van der Waals surface area contributed by atoms with Crippen molar-refractivity contribution in [1.82, 2.24) is 4.72 Å². The van der Waals surface area contributed by atoms with Crippen molar-refractivity contribution < 1.29 is 16.8 Å². The van der Waals surface area contributed by atoms with Crippen LogP contribution >= 0.6 is 11.8 Å². The summed E-state index contributed by atoms with van der Waals surface area (Å²) in [7, 11) is -6.42. The molecule has 0 saturated carbocycles. The van der Waals surface area contributed by atoms with Crippen molar-refractivity contribution in [3.05, 3.63) is 24.3 Å². The predicted molar refractivity (Wildman–Crippen MR) is 87.7 cm³/mol. The van der Waals surface area contributed by atoms with Crippen LogP contribution in [-0.2, 0) is 19.9 Å². The van der Waals surface area contributed by atoms with Gasteiger partial charge in [0.05, 0.1) is 11.5 Å². The minimum absolute atomic E-state index is 0.0130. The van der Waals surface area contributed by atoms with E-state index in [0.29, 0.717) is 11.4 Å². The number of sulfonamides is 1. The Kier molecular flexibility index (Phi) is 6.98. The number of nitrogen functional groups attached to an aromatic ring is 1. The molecular weight excluding hydrogens is 332 g/mol. The number of anilines is 1. The first kappa shape index (κ1) is 18.3. The first-order valence-electron chi connectivity index (χ1n) is 6.31. The summed E-state index contributed by atoms with van der Waals surface area (Å²) in [4.78, 5) is 0.955. The summed E-state index contributed by atoms with van der Waals surface area (Å²) in [6, 6.07) is 7.21. The molecule has 0 aliphatic carbocycles. The Bertz CT molecular complexity index is 640. The van der Waals surface area contributed by atoms with E-state index < -0.39 is 19.9 Å². The summed E-state index contributed by atoms with van der Waals surface area (Å²) in [5.74, 6) is 0.391. The number of thioether (sulfide) groups is 1. The summed E-state index contributed by atoms with van der Waals surface area (Å²) in [5, 5.41) is 0. The molecule has 1 aromatic carbocycles. The van der Waals surface area contributed by atoms with E-state index in [2.05, 4.69) is 4.72 Å². The average molecular weight is 353 g/mol. The Morgan fingerprint density at radius 1 is 1.10 bits per heavy atom. The topological polar surface area (TPSA) is 106 Å². The highest BCUT2D eigenvalue weighted by atomic mass is 32.2. The highest BCUT2D eigenvalue weighted by molar-refractivity contribution is 8.00. The number of rotatable bonds is 9. The Morgan fingerprint density at radius 3 is 2.29 bits per heavy atom. The number of sulfone groups is 1. The first-order chi connectivity index (χ1) is 9.68. The molecule has 0 aromatic heterocycles. The molecule has 0 fully saturated rings. The van der Waals surface area contributed by atoms with Crippen molar-refractivity contribution in [2.75, 3.05) is 35.8 Å². The maximum absolute atomic E-state index is 11.7. The van der Waals surface area contributed by atoms with E-state index in [0.717, 1.165) is 11.2 Å². The number of nitrogens with two attached hydrogens (primary N) is 1. The zero-order valence-electron chi connectivity index (χ0n) is 11.8. The van der Waals surface area contributed by atoms with Gasteiger partial charge < -0.3 is 5.73 Å². The van der Waals surface area contributed by atoms with Crippen molar-refractivity contribution >= 4 is 37.3 Å². The molecular formula is C12H20N2O4S3. The van der Waals surface area contributed by atoms with E-state index in [1.807, 2.05) is 12.1 Å². The highest BCUT2D eigenvalue weighted by Gasteiger charge is 2.10. The molecule has 21 heavy (non-hydrogen) atoms. The Hall–Kier alpha value is -0.770. The lowest BCUT2D eigenvalue weighted by molar-refractivity contribution is 0.578. The molecule has 6 nitrogen and oxygen atoms in total. The molecule has 0 aliphatic rings. The van der Waals surface area contributed by atoms with E-state index in [-0.39, 0.29) is 24.5 Å². The minimum atomic E-state index is -3.37. The third-order valence-electron chi connectivity index (χ3n) is 2.51. The van der Waals surface area contributed by atoms with Crippen LogP contribution < -0.4 is 10.5 Å². The fourth-order valence-electron chi connectivity index (χ4n) is 1.47. The van der Waals surface area contributed by atoms with Crippen molar-refractivity contribution in [2.24, 2.45) is 0 Å². The second-order valence-electron chi connectivity index (χ2n) is 4.61. The van der Waals surface area contributed by atoms with Crippen LogP contribution in [0.3, 0.4) is 0 Å². The minimum Gasteiger partial charge on any atom is -0.399 e. The fraction of sp³-hybridized carbons (Fsp3) is 0.500. The van der Waals surface area contributed by atoms with E-state index in [1.165, 1.54) is 11.8 Å². The molecule has 0 spiro atoms. The van der Waals surface area contributed by atoms with Gasteiger partial charge in [-0.15, -0.1) is 11.8 Å². The fourth-order valence-corrected chi connectivity index (χ4v) is 4.51. The van der Waals surface area contributed by atoms with Gasteiger partial charge in [0.1, 0.15) is 9.84 Å². The van der Waals surface area contributed by atoms with Gasteiger partial charge in [-0.25, -0.2) is 21.6 Å². The average Bonchev–Trinajstić information content (AvgIpc) is 2.36. The van der Waals surface area contributed by atoms with Gasteiger partial charge in [-0.3, -0.25) is 0 Å². The van der Waals surface area contributed by atoms with Crippen LogP contribution in [0.4, 0.5) is 5.69 Å². The third-order valence-corrected chi connectivity index (χ3v) is 6.20. The van der Waals surface area contributed by atoms with Gasteiger partial charge in [0.15, 0.2) is 0 Å². The second kappa shape index (κ2) is 8.02. The number of hydrogen-bond acceptors (Lipinski definition) is 6. The zero-order valence-corrected chi connectivity index (χ0v) is 14.2. The molecule has 3 N–H and O–H groups in total. The second-order valence-corrected chi connectivity index (χ2v) is 9.97. The van der Waals surface area contributed by atoms with Gasteiger partial charge >= 0.3 is 0 Å². The summed E-state index contributed by atoms with van der Waals surface area (Å²) in [6.07, 6.45) is 1.41. The van der Waals surface area contributed by atoms with Gasteiger partial charge in [-0.05, 0) is 30.7 Å². The summed E-state index contributed by atoms with van der Waals surface area (Å²) < 4.78 is 47.7. The number of hydrogen-bond donors (Lipinski definition) is 2. The van der Waals surface area contributed by atoms with E-state index >= 15 is 0 Å². The van der Waals surface area contributed by atoms with E-state index in [4.69, 9.17) is 5.73 Å². The maximum Gasteiger partial charge on any atom is 0.212 e. The van der Waals surface area contributed by atoms with Crippen molar-refractivity contribution in [2.45, 2.75) is 11.3 Å². The molecule has 120 valence electrons. The standard InChI is InChI=1S/C12H20N2O4S3/c1-20(15,16)9-2-7-14-21(17,18)10-8-19-12-5-3-11(13)4-6-12/h3-6,14H,2,7-10,13H2,1H3. The maximum atomic E-state index is 11.7. The molecule has 0 saturated heterocycles. The summed E-state index contributed by atoms with van der Waals surface area (Å²) in [6.45, 7) is 0.141. The molecule has 0 amide bonds. The number of nitrogens with one attached hydrogen (secondary N) is 1. The van der Waals surface area contributed by atoms with Crippen LogP contribution in [0, 0.1) is 0 Å². The van der Waals surface area contributed by atoms with Crippen molar-refractivity contribution in [3.8, 4) is 0 Å². The molecule has 1 aromatic rings. The lowest BCUT2D eigenvalue weighted by Crippen LogP contribution is -2.29. The molecule has 0 heterocycles. The van der Waals surface area contributed by atoms with Gasteiger partial charge in [0, 0.05) is 29.1 Å². The van der Waals surface area contributed by atoms with Crippen molar-refractivity contribution in [1.29, 1.82) is 0 Å². The molecule has 0 atom stereocenters. The van der Waals surface area contributed by atoms with E-state index in [9.17, 15) is 16.8 Å². The quantitative estimate of drug-likeness (QED) is 0.385. The van der Waals surface area contributed by atoms with Crippen LogP contribution in [0.25, 0.3) is 0 Å². The zero-order chi connectivity index (χ0) is 15.9. The van der Waals surface area contributed by atoms with Gasteiger partial charge in [-0.2, -0.15) is 0 Å². The summed E-state index contributed by atoms with van der Waals surface area (Å²) in [5.41, 5.74) is 6.23. The summed E-state index contributed by atoms with van der Waals surface area (Å²) >= 11 is 1.43. The predicted octanol–water partition coefficient (Wildman–Crippen LogP) is 0.715. The van der Waals surface area contributed by atoms with Crippen LogP contribution in [0.15, 0.2) is 29.2 Å². The lowest BCUT2D eigenvalue weighted by Gasteiger charge is -2.06. The molecule has 1 rings (SSSR count). The van der Waals surface area contributed by atoms with E-state index in [1.54, 1.807) is 12.1 Å². The van der Waals surface area contributed by atoms with Crippen molar-refractivity contribution in [3.63, 3.8) is 0 Å². The molecule has 0 unspecified atom stereocenters. The Morgan fingerprint density at radius 2 is 1.71 bits per heavy atom. The monoisotopic (exact) mass is 352 g/mol. The largest absolute Gasteiger partial charge is 0.399 e. The Labute approximate surface area is 130 Å². The SMILES string of the molecule is CS(=O)(=O)CCCNS(=O)(=O)CCSc1ccc(N)cc1. The molecule has 0 aliphatic heterocycles. The number of benzene rings is 1. The van der Waals surface area contributed by atoms with Crippen LogP contribution in [0.5, 0.6) is 0 Å². The Balaban J connectivity index is 2.28. The third kappa shape index (κ3) is 8.97. The molecule has 9 heteroatoms. The smallest absolute Gasteiger partial charge is 0.212 e. The van der Waals surface area contributed by atoms with Crippen LogP contribution in [0.2, 0.25) is 0 Å². The van der Waals surface area contributed by atoms with Gasteiger partial charge in [0.2, 0.25) is 10.0 Å². The first-order valence-corrected chi connectivity index (χ1v) is 11.0. The van der Waals surface area contributed by atoms with Gasteiger partial charge in [-0.1, -0.05) is 0 Å². The van der Waals surface area contributed by atoms with Gasteiger partial charge in [0.25, 0.3) is 0 Å². The van der Waals surface area contributed by atoms with Crippen LogP contribution in [0.1, 0.15) is 6.42 Å². The highest BCUT2D eigenvalue weighted by Crippen LogP contribution is 2.19. The molecule has 0 bridgehead atoms. The normalized spacial score (nSPS) is 12.4.